The molecule has 1 aliphatic rings. The number of nitrogens with two attached hydrogens (primary N) is 1. The molecule has 1 aromatic heterocycles. The Kier molecular flexibility index (Phi) is 3.73. The Morgan fingerprint density at radius 2 is 2.47 bits per heavy atom. The third-order valence-electron chi connectivity index (χ3n) is 3.31. The zero-order chi connectivity index (χ0) is 12.3. The molecule has 0 aliphatic heterocycles. The molecule has 2 unspecified atom stereocenters. The van der Waals surface area contributed by atoms with E-state index in [2.05, 4.69) is 15.5 Å². The summed E-state index contributed by atoms with van der Waals surface area (Å²) in [5, 5.41) is 10.6. The lowest BCUT2D eigenvalue weighted by atomic mass is 9.85. The van der Waals surface area contributed by atoms with Crippen molar-refractivity contribution in [3.63, 3.8) is 0 Å². The molecule has 1 aromatic rings. The molecule has 3 N–H and O–H groups in total. The van der Waals surface area contributed by atoms with Crippen LogP contribution in [0, 0.1) is 5.92 Å². The van der Waals surface area contributed by atoms with Crippen molar-refractivity contribution in [2.24, 2.45) is 18.7 Å². The summed E-state index contributed by atoms with van der Waals surface area (Å²) in [6.45, 7) is 0.432. The van der Waals surface area contributed by atoms with Gasteiger partial charge in [-0.2, -0.15) is 0 Å². The first-order valence-corrected chi connectivity index (χ1v) is 6.03. The van der Waals surface area contributed by atoms with Gasteiger partial charge >= 0.3 is 0 Å². The van der Waals surface area contributed by atoms with Crippen LogP contribution in [0.5, 0.6) is 0 Å². The van der Waals surface area contributed by atoms with Crippen LogP contribution in [0.2, 0.25) is 0 Å². The number of aryl methyl sites for hydroxylation is 1. The smallest absolute Gasteiger partial charge is 0.223 e. The zero-order valence-electron chi connectivity index (χ0n) is 10.1. The van der Waals surface area contributed by atoms with Gasteiger partial charge in [-0.25, -0.2) is 0 Å². The van der Waals surface area contributed by atoms with E-state index < -0.39 is 0 Å². The fourth-order valence-corrected chi connectivity index (χ4v) is 2.24. The molecule has 17 heavy (non-hydrogen) atoms. The summed E-state index contributed by atoms with van der Waals surface area (Å²) in [6.07, 6.45) is 5.44. The Morgan fingerprint density at radius 1 is 1.65 bits per heavy atom. The molecular formula is C11H19N5O. The second-order valence-electron chi connectivity index (χ2n) is 4.70. The molecule has 2 atom stereocenters. The van der Waals surface area contributed by atoms with Crippen LogP contribution in [0.1, 0.15) is 31.5 Å². The molecular weight excluding hydrogens is 218 g/mol. The van der Waals surface area contributed by atoms with E-state index in [1.807, 2.05) is 7.05 Å². The fraction of sp³-hybridized carbons (Fsp3) is 0.727. The second kappa shape index (κ2) is 5.27. The minimum atomic E-state index is 0.0620. The molecule has 1 amide bonds. The monoisotopic (exact) mass is 237 g/mol. The number of aromatic nitrogens is 3. The summed E-state index contributed by atoms with van der Waals surface area (Å²) in [4.78, 5) is 11.9. The molecule has 0 aromatic carbocycles. The van der Waals surface area contributed by atoms with Gasteiger partial charge in [-0.1, -0.05) is 6.42 Å². The summed E-state index contributed by atoms with van der Waals surface area (Å²) in [7, 11) is 1.86. The van der Waals surface area contributed by atoms with E-state index in [0.717, 1.165) is 31.5 Å². The highest BCUT2D eigenvalue weighted by molar-refractivity contribution is 5.78. The Hall–Kier alpha value is -1.43. The average Bonchev–Trinajstić information content (AvgIpc) is 2.72. The van der Waals surface area contributed by atoms with Gasteiger partial charge in [0.25, 0.3) is 0 Å². The number of nitrogens with one attached hydrogen (secondary N) is 1. The van der Waals surface area contributed by atoms with Gasteiger partial charge in [-0.3, -0.25) is 4.79 Å². The summed E-state index contributed by atoms with van der Waals surface area (Å²) in [5.41, 5.74) is 5.87. The Morgan fingerprint density at radius 3 is 3.12 bits per heavy atom. The Balaban J connectivity index is 1.83. The molecule has 0 radical (unpaired) electrons. The van der Waals surface area contributed by atoms with Crippen LogP contribution in [-0.2, 0) is 18.4 Å². The number of hydrogen-bond acceptors (Lipinski definition) is 4. The highest BCUT2D eigenvalue weighted by Crippen LogP contribution is 2.23. The molecule has 2 rings (SSSR count). The lowest BCUT2D eigenvalue weighted by Gasteiger charge is -2.25. The highest BCUT2D eigenvalue weighted by Gasteiger charge is 2.25. The molecule has 1 fully saturated rings. The Bertz CT molecular complexity index is 389. The number of rotatable bonds is 3. The summed E-state index contributed by atoms with van der Waals surface area (Å²) in [5.74, 6) is 0.911. The molecule has 0 spiro atoms. The maximum absolute atomic E-state index is 11.9. The van der Waals surface area contributed by atoms with E-state index in [9.17, 15) is 4.79 Å². The van der Waals surface area contributed by atoms with Crippen LogP contribution in [-0.4, -0.2) is 26.7 Å². The molecule has 1 heterocycles. The summed E-state index contributed by atoms with van der Waals surface area (Å²) in [6, 6.07) is 0.175. The minimum absolute atomic E-state index is 0.0620. The third-order valence-corrected chi connectivity index (χ3v) is 3.31. The van der Waals surface area contributed by atoms with Crippen LogP contribution < -0.4 is 11.1 Å². The molecule has 1 aliphatic carbocycles. The van der Waals surface area contributed by atoms with Gasteiger partial charge in [0.2, 0.25) is 5.91 Å². The third kappa shape index (κ3) is 3.03. The molecule has 0 bridgehead atoms. The SMILES string of the molecule is Cn1cnnc1CNC(=O)C1CCCC(N)C1. The van der Waals surface area contributed by atoms with Crippen molar-refractivity contribution in [1.82, 2.24) is 20.1 Å². The maximum atomic E-state index is 11.9. The molecule has 0 saturated heterocycles. The molecule has 6 heteroatoms. The van der Waals surface area contributed by atoms with Gasteiger partial charge in [0, 0.05) is 19.0 Å². The molecule has 6 nitrogen and oxygen atoms in total. The highest BCUT2D eigenvalue weighted by atomic mass is 16.1. The van der Waals surface area contributed by atoms with Gasteiger partial charge < -0.3 is 15.6 Å². The summed E-state index contributed by atoms with van der Waals surface area (Å²) >= 11 is 0. The topological polar surface area (TPSA) is 85.8 Å². The molecule has 1 saturated carbocycles. The van der Waals surface area contributed by atoms with E-state index in [1.165, 1.54) is 0 Å². The van der Waals surface area contributed by atoms with Crippen LogP contribution in [0.3, 0.4) is 0 Å². The number of carbonyl (C=O) groups is 1. The Labute approximate surface area is 101 Å². The first-order chi connectivity index (χ1) is 8.16. The standard InChI is InChI=1S/C11H19N5O/c1-16-7-14-15-10(16)6-13-11(17)8-3-2-4-9(12)5-8/h7-9H,2-6,12H2,1H3,(H,13,17). The van der Waals surface area contributed by atoms with Gasteiger partial charge in [0.1, 0.15) is 6.33 Å². The van der Waals surface area contributed by atoms with Crippen LogP contribution in [0.4, 0.5) is 0 Å². The number of amides is 1. The first kappa shape index (κ1) is 12.0. The van der Waals surface area contributed by atoms with Crippen molar-refractivity contribution in [1.29, 1.82) is 0 Å². The predicted octanol–water partition coefficient (Wildman–Crippen LogP) is -0.0512. The first-order valence-electron chi connectivity index (χ1n) is 6.03. The van der Waals surface area contributed by atoms with Crippen molar-refractivity contribution in [3.8, 4) is 0 Å². The lowest BCUT2D eigenvalue weighted by molar-refractivity contribution is -0.126. The van der Waals surface area contributed by atoms with E-state index in [1.54, 1.807) is 10.9 Å². The van der Waals surface area contributed by atoms with Crippen LogP contribution in [0.25, 0.3) is 0 Å². The van der Waals surface area contributed by atoms with E-state index in [-0.39, 0.29) is 17.9 Å². The van der Waals surface area contributed by atoms with Crippen LogP contribution >= 0.6 is 0 Å². The van der Waals surface area contributed by atoms with Crippen molar-refractivity contribution in [2.75, 3.05) is 0 Å². The minimum Gasteiger partial charge on any atom is -0.349 e. The average molecular weight is 237 g/mol. The maximum Gasteiger partial charge on any atom is 0.223 e. The largest absolute Gasteiger partial charge is 0.349 e. The molecule has 94 valence electrons. The normalized spacial score (nSPS) is 24.6. The zero-order valence-corrected chi connectivity index (χ0v) is 10.1. The van der Waals surface area contributed by atoms with E-state index >= 15 is 0 Å². The van der Waals surface area contributed by atoms with Crippen LogP contribution in [0.15, 0.2) is 6.33 Å². The van der Waals surface area contributed by atoms with E-state index in [0.29, 0.717) is 6.54 Å². The van der Waals surface area contributed by atoms with Crippen molar-refractivity contribution < 1.29 is 4.79 Å². The summed E-state index contributed by atoms with van der Waals surface area (Å²) < 4.78 is 1.80. The van der Waals surface area contributed by atoms with Gasteiger partial charge in [-0.15, -0.1) is 10.2 Å². The lowest BCUT2D eigenvalue weighted by Crippen LogP contribution is -2.37. The van der Waals surface area contributed by atoms with Crippen molar-refractivity contribution in [2.45, 2.75) is 38.3 Å². The number of nitrogens with zero attached hydrogens (tertiary/aromatic N) is 3. The van der Waals surface area contributed by atoms with Crippen molar-refractivity contribution >= 4 is 5.91 Å². The van der Waals surface area contributed by atoms with Gasteiger partial charge in [0.05, 0.1) is 6.54 Å². The van der Waals surface area contributed by atoms with E-state index in [4.69, 9.17) is 5.73 Å². The quantitative estimate of drug-likeness (QED) is 0.771. The van der Waals surface area contributed by atoms with Crippen molar-refractivity contribution in [3.05, 3.63) is 12.2 Å². The fourth-order valence-electron chi connectivity index (χ4n) is 2.24. The number of hydrogen-bond donors (Lipinski definition) is 2. The number of carbonyl (C=O) groups excluding carboxylic acids is 1. The predicted molar refractivity (Wildman–Crippen MR) is 62.8 cm³/mol. The second-order valence-corrected chi connectivity index (χ2v) is 4.70. The van der Waals surface area contributed by atoms with Gasteiger partial charge in [0.15, 0.2) is 5.82 Å². The van der Waals surface area contributed by atoms with Gasteiger partial charge in [-0.05, 0) is 19.3 Å².